The van der Waals surface area contributed by atoms with Crippen LogP contribution in [0.15, 0.2) is 0 Å². The lowest BCUT2D eigenvalue weighted by atomic mass is 10.1. The topological polar surface area (TPSA) is 3.24 Å². The minimum absolute atomic E-state index is 0.894. The van der Waals surface area contributed by atoms with Crippen LogP contribution in [0.1, 0.15) is 33.6 Å². The number of likely N-dealkylation sites (N-methyl/N-ethyl adjacent to an activating group) is 2. The first-order chi connectivity index (χ1) is 6.18. The third-order valence-electron chi connectivity index (χ3n) is 3.70. The van der Waals surface area contributed by atoms with Gasteiger partial charge in [-0.2, -0.15) is 0 Å². The van der Waals surface area contributed by atoms with E-state index in [0.29, 0.717) is 0 Å². The third kappa shape index (κ3) is 2.05. The molecule has 1 fully saturated rings. The summed E-state index contributed by atoms with van der Waals surface area (Å²) >= 11 is 0. The molecule has 1 aliphatic heterocycles. The maximum Gasteiger partial charge on any atom is 0.135 e. The second kappa shape index (κ2) is 4.43. The lowest BCUT2D eigenvalue weighted by Crippen LogP contribution is -2.52. The van der Waals surface area contributed by atoms with E-state index in [-0.39, 0.29) is 0 Å². The van der Waals surface area contributed by atoms with Gasteiger partial charge in [0.15, 0.2) is 0 Å². The van der Waals surface area contributed by atoms with E-state index in [9.17, 15) is 0 Å². The summed E-state index contributed by atoms with van der Waals surface area (Å²) in [4.78, 5) is 2.49. The van der Waals surface area contributed by atoms with Gasteiger partial charge in [0.05, 0.1) is 19.6 Å². The standard InChI is InChI=1S/C11H25N2/c1-5-8-11-9-12(4)10-13(11,6-2)7-3/h11H,5-10H2,1-4H3/q+1. The van der Waals surface area contributed by atoms with Crippen LogP contribution in [0, 0.1) is 0 Å². The van der Waals surface area contributed by atoms with Crippen LogP contribution in [-0.4, -0.2) is 48.8 Å². The largest absolute Gasteiger partial charge is 0.308 e. The average Bonchev–Trinajstić information content (AvgIpc) is 2.44. The van der Waals surface area contributed by atoms with E-state index >= 15 is 0 Å². The van der Waals surface area contributed by atoms with Crippen LogP contribution in [0.25, 0.3) is 0 Å². The SMILES string of the molecule is CCCC1CN(C)C[N+]1(CC)CC. The van der Waals surface area contributed by atoms with Crippen molar-refractivity contribution in [1.82, 2.24) is 4.90 Å². The van der Waals surface area contributed by atoms with Gasteiger partial charge in [0, 0.05) is 6.42 Å². The first-order valence-corrected chi connectivity index (χ1v) is 5.72. The lowest BCUT2D eigenvalue weighted by molar-refractivity contribution is -0.939. The van der Waals surface area contributed by atoms with E-state index in [4.69, 9.17) is 0 Å². The zero-order chi connectivity index (χ0) is 9.90. The molecule has 1 rings (SSSR count). The second-order valence-corrected chi connectivity index (χ2v) is 4.47. The minimum atomic E-state index is 0.894. The highest BCUT2D eigenvalue weighted by atomic mass is 15.5. The smallest absolute Gasteiger partial charge is 0.135 e. The predicted molar refractivity (Wildman–Crippen MR) is 57.5 cm³/mol. The Labute approximate surface area is 83.1 Å². The Bertz CT molecular complexity index is 152. The monoisotopic (exact) mass is 185 g/mol. The number of rotatable bonds is 4. The Morgan fingerprint density at radius 1 is 1.23 bits per heavy atom. The van der Waals surface area contributed by atoms with Gasteiger partial charge in [-0.05, 0) is 20.9 Å². The molecular formula is C11H25N2+. The average molecular weight is 185 g/mol. The molecule has 0 aliphatic carbocycles. The van der Waals surface area contributed by atoms with E-state index in [0.717, 1.165) is 6.04 Å². The van der Waals surface area contributed by atoms with Gasteiger partial charge in [-0.1, -0.05) is 13.3 Å². The summed E-state index contributed by atoms with van der Waals surface area (Å²) in [6.07, 6.45) is 2.73. The molecule has 1 atom stereocenters. The van der Waals surface area contributed by atoms with Crippen LogP contribution in [0.3, 0.4) is 0 Å². The second-order valence-electron chi connectivity index (χ2n) is 4.47. The number of hydrogen-bond donors (Lipinski definition) is 0. The Morgan fingerprint density at radius 2 is 1.85 bits per heavy atom. The van der Waals surface area contributed by atoms with E-state index in [1.54, 1.807) is 0 Å². The van der Waals surface area contributed by atoms with Crippen molar-refractivity contribution in [3.63, 3.8) is 0 Å². The van der Waals surface area contributed by atoms with Gasteiger partial charge in [0.1, 0.15) is 12.7 Å². The lowest BCUT2D eigenvalue weighted by Gasteiger charge is -2.37. The van der Waals surface area contributed by atoms with Crippen LogP contribution in [0.2, 0.25) is 0 Å². The van der Waals surface area contributed by atoms with Crippen molar-refractivity contribution < 1.29 is 4.48 Å². The van der Waals surface area contributed by atoms with E-state index in [1.807, 2.05) is 0 Å². The summed E-state index contributed by atoms with van der Waals surface area (Å²) < 4.78 is 1.32. The molecule has 0 saturated carbocycles. The maximum absolute atomic E-state index is 2.49. The van der Waals surface area contributed by atoms with Gasteiger partial charge in [-0.3, -0.25) is 4.90 Å². The van der Waals surface area contributed by atoms with Crippen LogP contribution >= 0.6 is 0 Å². The van der Waals surface area contributed by atoms with E-state index < -0.39 is 0 Å². The van der Waals surface area contributed by atoms with Crippen molar-refractivity contribution in [3.8, 4) is 0 Å². The highest BCUT2D eigenvalue weighted by Crippen LogP contribution is 2.25. The normalized spacial score (nSPS) is 28.2. The van der Waals surface area contributed by atoms with Crippen molar-refractivity contribution in [2.45, 2.75) is 39.7 Å². The van der Waals surface area contributed by atoms with Gasteiger partial charge >= 0.3 is 0 Å². The van der Waals surface area contributed by atoms with Gasteiger partial charge in [-0.25, -0.2) is 0 Å². The molecule has 0 amide bonds. The molecule has 1 heterocycles. The molecule has 1 aliphatic rings. The molecule has 78 valence electrons. The van der Waals surface area contributed by atoms with Gasteiger partial charge in [-0.15, -0.1) is 0 Å². The molecule has 0 aromatic carbocycles. The predicted octanol–water partition coefficient (Wildman–Crippen LogP) is 1.91. The summed E-state index contributed by atoms with van der Waals surface area (Å²) in [5.74, 6) is 0. The Hall–Kier alpha value is -0.0800. The van der Waals surface area contributed by atoms with Crippen LogP contribution in [0.4, 0.5) is 0 Å². The number of nitrogens with zero attached hydrogens (tertiary/aromatic N) is 2. The van der Waals surface area contributed by atoms with Crippen LogP contribution < -0.4 is 0 Å². The molecule has 0 aromatic heterocycles. The minimum Gasteiger partial charge on any atom is -0.308 e. The van der Waals surface area contributed by atoms with Crippen molar-refractivity contribution >= 4 is 0 Å². The molecule has 1 unspecified atom stereocenters. The quantitative estimate of drug-likeness (QED) is 0.605. The zero-order valence-corrected chi connectivity index (χ0v) is 9.71. The third-order valence-corrected chi connectivity index (χ3v) is 3.70. The molecule has 0 radical (unpaired) electrons. The Morgan fingerprint density at radius 3 is 2.31 bits per heavy atom. The van der Waals surface area contributed by atoms with Crippen LogP contribution in [-0.2, 0) is 0 Å². The molecule has 0 bridgehead atoms. The highest BCUT2D eigenvalue weighted by molar-refractivity contribution is 4.70. The molecule has 13 heavy (non-hydrogen) atoms. The number of hydrogen-bond acceptors (Lipinski definition) is 1. The molecule has 0 spiro atoms. The molecule has 0 aromatic rings. The highest BCUT2D eigenvalue weighted by Gasteiger charge is 2.40. The summed E-state index contributed by atoms with van der Waals surface area (Å²) in [5.41, 5.74) is 0. The van der Waals surface area contributed by atoms with Crippen molar-refractivity contribution in [3.05, 3.63) is 0 Å². The molecule has 2 heteroatoms. The molecule has 0 N–H and O–H groups in total. The fourth-order valence-corrected chi connectivity index (χ4v) is 2.83. The maximum atomic E-state index is 2.49. The van der Waals surface area contributed by atoms with Crippen molar-refractivity contribution in [2.24, 2.45) is 0 Å². The van der Waals surface area contributed by atoms with Gasteiger partial charge in [0.25, 0.3) is 0 Å². The van der Waals surface area contributed by atoms with Crippen LogP contribution in [0.5, 0.6) is 0 Å². The Balaban J connectivity index is 2.67. The first kappa shape index (κ1) is 11.0. The fraction of sp³-hybridized carbons (Fsp3) is 1.00. The van der Waals surface area contributed by atoms with E-state index in [1.165, 1.54) is 43.6 Å². The summed E-state index contributed by atoms with van der Waals surface area (Å²) in [6, 6.07) is 0.894. The van der Waals surface area contributed by atoms with E-state index in [2.05, 4.69) is 32.7 Å². The molecule has 2 nitrogen and oxygen atoms in total. The number of quaternary nitrogens is 1. The van der Waals surface area contributed by atoms with Gasteiger partial charge < -0.3 is 4.48 Å². The molecule has 1 saturated heterocycles. The Kier molecular flexibility index (Phi) is 3.74. The fourth-order valence-electron chi connectivity index (χ4n) is 2.83. The zero-order valence-electron chi connectivity index (χ0n) is 9.71. The molecular weight excluding hydrogens is 160 g/mol. The summed E-state index contributed by atoms with van der Waals surface area (Å²) in [5, 5.41) is 0. The summed E-state index contributed by atoms with van der Waals surface area (Å²) in [7, 11) is 2.26. The van der Waals surface area contributed by atoms with Gasteiger partial charge in [0.2, 0.25) is 0 Å². The van der Waals surface area contributed by atoms with Crippen molar-refractivity contribution in [2.75, 3.05) is 33.4 Å². The first-order valence-electron chi connectivity index (χ1n) is 5.72. The summed E-state index contributed by atoms with van der Waals surface area (Å²) in [6.45, 7) is 12.1. The van der Waals surface area contributed by atoms with Crippen molar-refractivity contribution in [1.29, 1.82) is 0 Å².